The van der Waals surface area contributed by atoms with E-state index in [4.69, 9.17) is 11.6 Å². The SMILES string of the molecule is CC(C)CC(O)CNC(=O)c1cccnc1Cl. The first-order chi connectivity index (χ1) is 8.00. The van der Waals surface area contributed by atoms with Gasteiger partial charge in [-0.05, 0) is 24.5 Å². The molecule has 0 radical (unpaired) electrons. The number of rotatable bonds is 5. The molecule has 0 saturated carbocycles. The Hall–Kier alpha value is -1.13. The van der Waals surface area contributed by atoms with Crippen LogP contribution in [-0.4, -0.2) is 28.6 Å². The zero-order chi connectivity index (χ0) is 12.8. The predicted molar refractivity (Wildman–Crippen MR) is 67.0 cm³/mol. The second-order valence-corrected chi connectivity index (χ2v) is 4.69. The second-order valence-electron chi connectivity index (χ2n) is 4.34. The summed E-state index contributed by atoms with van der Waals surface area (Å²) in [4.78, 5) is 15.5. The molecule has 0 fully saturated rings. The fraction of sp³-hybridized carbons (Fsp3) is 0.500. The maximum absolute atomic E-state index is 11.7. The fourth-order valence-electron chi connectivity index (χ4n) is 1.49. The molecule has 0 bridgehead atoms. The zero-order valence-electron chi connectivity index (χ0n) is 9.98. The number of pyridine rings is 1. The molecular formula is C12H17ClN2O2. The smallest absolute Gasteiger partial charge is 0.254 e. The average Bonchev–Trinajstić information content (AvgIpc) is 2.25. The van der Waals surface area contributed by atoms with Crippen LogP contribution in [0.5, 0.6) is 0 Å². The molecule has 2 N–H and O–H groups in total. The molecule has 4 nitrogen and oxygen atoms in total. The lowest BCUT2D eigenvalue weighted by Gasteiger charge is -2.13. The standard InChI is InChI=1S/C12H17ClN2O2/c1-8(2)6-9(16)7-15-12(17)10-4-3-5-14-11(10)13/h3-5,8-9,16H,6-7H2,1-2H3,(H,15,17). The van der Waals surface area contributed by atoms with Crippen molar-refractivity contribution >= 4 is 17.5 Å². The molecule has 1 aromatic heterocycles. The number of aliphatic hydroxyl groups is 1. The number of halogens is 1. The fourth-order valence-corrected chi connectivity index (χ4v) is 1.69. The summed E-state index contributed by atoms with van der Waals surface area (Å²) in [6.45, 7) is 4.26. The van der Waals surface area contributed by atoms with Crippen molar-refractivity contribution in [3.05, 3.63) is 29.0 Å². The maximum Gasteiger partial charge on any atom is 0.254 e. The normalized spacial score (nSPS) is 12.5. The summed E-state index contributed by atoms with van der Waals surface area (Å²) in [6.07, 6.45) is 1.64. The summed E-state index contributed by atoms with van der Waals surface area (Å²) >= 11 is 5.78. The molecule has 0 aliphatic rings. The van der Waals surface area contributed by atoms with E-state index < -0.39 is 6.10 Å². The molecule has 1 amide bonds. The van der Waals surface area contributed by atoms with Gasteiger partial charge in [0.1, 0.15) is 5.15 Å². The highest BCUT2D eigenvalue weighted by molar-refractivity contribution is 6.32. The molecule has 94 valence electrons. The van der Waals surface area contributed by atoms with E-state index in [9.17, 15) is 9.90 Å². The third kappa shape index (κ3) is 4.71. The van der Waals surface area contributed by atoms with E-state index >= 15 is 0 Å². The van der Waals surface area contributed by atoms with Crippen molar-refractivity contribution in [2.45, 2.75) is 26.4 Å². The third-order valence-corrected chi connectivity index (χ3v) is 2.55. The lowest BCUT2D eigenvalue weighted by atomic mass is 10.1. The van der Waals surface area contributed by atoms with E-state index in [1.54, 1.807) is 12.1 Å². The van der Waals surface area contributed by atoms with Crippen molar-refractivity contribution < 1.29 is 9.90 Å². The van der Waals surface area contributed by atoms with Gasteiger partial charge in [0.15, 0.2) is 0 Å². The van der Waals surface area contributed by atoms with Crippen molar-refractivity contribution in [3.63, 3.8) is 0 Å². The van der Waals surface area contributed by atoms with Crippen molar-refractivity contribution in [2.75, 3.05) is 6.54 Å². The molecule has 0 aromatic carbocycles. The summed E-state index contributed by atoms with van der Waals surface area (Å²) in [5.74, 6) is 0.0785. The minimum absolute atomic E-state index is 0.170. The van der Waals surface area contributed by atoms with Crippen LogP contribution in [0.3, 0.4) is 0 Å². The van der Waals surface area contributed by atoms with Crippen LogP contribution in [0.2, 0.25) is 5.15 Å². The quantitative estimate of drug-likeness (QED) is 0.791. The highest BCUT2D eigenvalue weighted by Crippen LogP contribution is 2.11. The van der Waals surface area contributed by atoms with Gasteiger partial charge in [-0.3, -0.25) is 4.79 Å². The molecule has 0 saturated heterocycles. The minimum atomic E-state index is -0.533. The van der Waals surface area contributed by atoms with E-state index in [1.807, 2.05) is 13.8 Å². The number of nitrogens with zero attached hydrogens (tertiary/aromatic N) is 1. The average molecular weight is 257 g/mol. The third-order valence-electron chi connectivity index (χ3n) is 2.25. The number of aromatic nitrogens is 1. The molecule has 0 aliphatic carbocycles. The molecule has 1 unspecified atom stereocenters. The Morgan fingerprint density at radius 1 is 1.59 bits per heavy atom. The first kappa shape index (κ1) is 13.9. The molecule has 1 aromatic rings. The van der Waals surface area contributed by atoms with E-state index in [2.05, 4.69) is 10.3 Å². The number of amides is 1. The summed E-state index contributed by atoms with van der Waals surface area (Å²) in [5.41, 5.74) is 0.325. The van der Waals surface area contributed by atoms with Crippen LogP contribution in [0.1, 0.15) is 30.6 Å². The topological polar surface area (TPSA) is 62.2 Å². The number of aliphatic hydroxyl groups excluding tert-OH is 1. The van der Waals surface area contributed by atoms with Crippen LogP contribution in [0.25, 0.3) is 0 Å². The van der Waals surface area contributed by atoms with Crippen molar-refractivity contribution in [1.29, 1.82) is 0 Å². The summed E-state index contributed by atoms with van der Waals surface area (Å²) in [5, 5.41) is 12.4. The highest BCUT2D eigenvalue weighted by Gasteiger charge is 2.13. The van der Waals surface area contributed by atoms with Crippen LogP contribution < -0.4 is 5.32 Å². The number of carbonyl (C=O) groups is 1. The minimum Gasteiger partial charge on any atom is -0.391 e. The number of nitrogens with one attached hydrogen (secondary N) is 1. The van der Waals surface area contributed by atoms with Crippen LogP contribution in [0.15, 0.2) is 18.3 Å². The van der Waals surface area contributed by atoms with Gasteiger partial charge >= 0.3 is 0 Å². The van der Waals surface area contributed by atoms with E-state index in [0.29, 0.717) is 17.9 Å². The first-order valence-electron chi connectivity index (χ1n) is 5.57. The van der Waals surface area contributed by atoms with Gasteiger partial charge in [0, 0.05) is 12.7 Å². The lowest BCUT2D eigenvalue weighted by Crippen LogP contribution is -2.33. The van der Waals surface area contributed by atoms with Crippen molar-refractivity contribution in [2.24, 2.45) is 5.92 Å². The van der Waals surface area contributed by atoms with Gasteiger partial charge in [0.25, 0.3) is 5.91 Å². The van der Waals surface area contributed by atoms with Gasteiger partial charge in [0.05, 0.1) is 11.7 Å². The molecule has 1 heterocycles. The van der Waals surface area contributed by atoms with Crippen LogP contribution in [-0.2, 0) is 0 Å². The van der Waals surface area contributed by atoms with Gasteiger partial charge in [-0.1, -0.05) is 25.4 Å². The van der Waals surface area contributed by atoms with E-state index in [0.717, 1.165) is 0 Å². The summed E-state index contributed by atoms with van der Waals surface area (Å²) < 4.78 is 0. The predicted octanol–water partition coefficient (Wildman–Crippen LogP) is 1.87. The highest BCUT2D eigenvalue weighted by atomic mass is 35.5. The lowest BCUT2D eigenvalue weighted by molar-refractivity contribution is 0.0900. The van der Waals surface area contributed by atoms with Gasteiger partial charge in [0.2, 0.25) is 0 Å². The van der Waals surface area contributed by atoms with Crippen LogP contribution in [0, 0.1) is 5.92 Å². The number of hydrogen-bond acceptors (Lipinski definition) is 3. The van der Waals surface area contributed by atoms with Crippen LogP contribution in [0.4, 0.5) is 0 Å². The van der Waals surface area contributed by atoms with E-state index in [-0.39, 0.29) is 17.6 Å². The number of hydrogen-bond donors (Lipinski definition) is 2. The molecule has 0 spiro atoms. The Morgan fingerprint density at radius 2 is 2.29 bits per heavy atom. The van der Waals surface area contributed by atoms with Gasteiger partial charge in [-0.25, -0.2) is 4.98 Å². The molecular weight excluding hydrogens is 240 g/mol. The monoisotopic (exact) mass is 256 g/mol. The number of carbonyl (C=O) groups excluding carboxylic acids is 1. The second kappa shape index (κ2) is 6.57. The molecule has 5 heteroatoms. The largest absolute Gasteiger partial charge is 0.391 e. The maximum atomic E-state index is 11.7. The zero-order valence-corrected chi connectivity index (χ0v) is 10.7. The molecule has 1 atom stereocenters. The van der Waals surface area contributed by atoms with Crippen molar-refractivity contribution in [3.8, 4) is 0 Å². The first-order valence-corrected chi connectivity index (χ1v) is 5.95. The van der Waals surface area contributed by atoms with Crippen LogP contribution >= 0.6 is 11.6 Å². The Labute approximate surface area is 106 Å². The van der Waals surface area contributed by atoms with Gasteiger partial charge in [-0.15, -0.1) is 0 Å². The molecule has 0 aliphatic heterocycles. The Balaban J connectivity index is 2.48. The van der Waals surface area contributed by atoms with Gasteiger partial charge < -0.3 is 10.4 Å². The Morgan fingerprint density at radius 3 is 2.88 bits per heavy atom. The van der Waals surface area contributed by atoms with E-state index in [1.165, 1.54) is 6.20 Å². The Kier molecular flexibility index (Phi) is 5.38. The Bertz CT molecular complexity index is 383. The summed E-state index contributed by atoms with van der Waals surface area (Å²) in [6, 6.07) is 3.24. The summed E-state index contributed by atoms with van der Waals surface area (Å²) in [7, 11) is 0. The van der Waals surface area contributed by atoms with Crippen molar-refractivity contribution in [1.82, 2.24) is 10.3 Å². The van der Waals surface area contributed by atoms with Gasteiger partial charge in [-0.2, -0.15) is 0 Å². The molecule has 17 heavy (non-hydrogen) atoms. The molecule has 1 rings (SSSR count).